The van der Waals surface area contributed by atoms with E-state index >= 15 is 0 Å². The molecule has 0 aliphatic rings. The van der Waals surface area contributed by atoms with Gasteiger partial charge < -0.3 is 10.6 Å². The van der Waals surface area contributed by atoms with Crippen LogP contribution in [0.3, 0.4) is 0 Å². The van der Waals surface area contributed by atoms with Crippen molar-refractivity contribution in [3.05, 3.63) is 23.8 Å². The molecule has 2 unspecified atom stereocenters. The van der Waals surface area contributed by atoms with E-state index in [9.17, 15) is 0 Å². The Morgan fingerprint density at radius 1 is 0.864 bits per heavy atom. The van der Waals surface area contributed by atoms with Gasteiger partial charge in [-0.25, -0.2) is 0 Å². The summed E-state index contributed by atoms with van der Waals surface area (Å²) in [5.74, 6) is 0. The van der Waals surface area contributed by atoms with Crippen molar-refractivity contribution < 1.29 is 0 Å². The third kappa shape index (κ3) is 6.72. The Kier molecular flexibility index (Phi) is 9.03. The molecule has 0 aromatic heterocycles. The fourth-order valence-electron chi connectivity index (χ4n) is 2.53. The SMILES string of the molecule is CCCCCCc1cc(NC(C)CC)ccc1NC(C)CC. The summed E-state index contributed by atoms with van der Waals surface area (Å²) in [7, 11) is 0. The molecule has 0 aliphatic carbocycles. The van der Waals surface area contributed by atoms with Crippen LogP contribution in [0.25, 0.3) is 0 Å². The van der Waals surface area contributed by atoms with Gasteiger partial charge >= 0.3 is 0 Å². The second kappa shape index (κ2) is 10.5. The molecule has 126 valence electrons. The van der Waals surface area contributed by atoms with E-state index in [0.717, 1.165) is 12.8 Å². The Hall–Kier alpha value is -1.18. The van der Waals surface area contributed by atoms with Crippen LogP contribution >= 0.6 is 0 Å². The highest BCUT2D eigenvalue weighted by Gasteiger charge is 2.08. The van der Waals surface area contributed by atoms with Gasteiger partial charge in [0.2, 0.25) is 0 Å². The van der Waals surface area contributed by atoms with E-state index in [1.165, 1.54) is 49.0 Å². The van der Waals surface area contributed by atoms with Crippen LogP contribution in [-0.4, -0.2) is 12.1 Å². The van der Waals surface area contributed by atoms with E-state index in [-0.39, 0.29) is 0 Å². The van der Waals surface area contributed by atoms with E-state index in [0.29, 0.717) is 12.1 Å². The Bertz CT molecular complexity index is 414. The lowest BCUT2D eigenvalue weighted by molar-refractivity contribution is 0.666. The van der Waals surface area contributed by atoms with Crippen LogP contribution < -0.4 is 10.6 Å². The number of rotatable bonds is 11. The highest BCUT2D eigenvalue weighted by molar-refractivity contribution is 5.60. The van der Waals surface area contributed by atoms with Crippen LogP contribution in [0.4, 0.5) is 11.4 Å². The Morgan fingerprint density at radius 3 is 2.18 bits per heavy atom. The molecule has 0 saturated carbocycles. The normalized spacial score (nSPS) is 13.7. The molecule has 2 N–H and O–H groups in total. The van der Waals surface area contributed by atoms with Crippen LogP contribution in [-0.2, 0) is 6.42 Å². The Balaban J connectivity index is 2.80. The number of aryl methyl sites for hydroxylation is 1. The quantitative estimate of drug-likeness (QED) is 0.473. The maximum Gasteiger partial charge on any atom is 0.0376 e. The fraction of sp³-hybridized carbons (Fsp3) is 0.700. The summed E-state index contributed by atoms with van der Waals surface area (Å²) in [6.45, 7) is 11.2. The highest BCUT2D eigenvalue weighted by Crippen LogP contribution is 2.24. The van der Waals surface area contributed by atoms with Crippen molar-refractivity contribution >= 4 is 11.4 Å². The lowest BCUT2D eigenvalue weighted by Crippen LogP contribution is -2.16. The molecule has 1 aromatic rings. The van der Waals surface area contributed by atoms with Crippen molar-refractivity contribution in [2.45, 2.75) is 91.6 Å². The summed E-state index contributed by atoms with van der Waals surface area (Å²) in [4.78, 5) is 0. The maximum atomic E-state index is 3.67. The van der Waals surface area contributed by atoms with Gasteiger partial charge in [0.05, 0.1) is 0 Å². The number of hydrogen-bond donors (Lipinski definition) is 2. The lowest BCUT2D eigenvalue weighted by atomic mass is 10.0. The van der Waals surface area contributed by atoms with E-state index in [1.54, 1.807) is 0 Å². The molecule has 0 fully saturated rings. The monoisotopic (exact) mass is 304 g/mol. The molecular formula is C20H36N2. The molecule has 0 radical (unpaired) electrons. The van der Waals surface area contributed by atoms with Gasteiger partial charge in [0, 0.05) is 23.5 Å². The van der Waals surface area contributed by atoms with Crippen LogP contribution in [0.2, 0.25) is 0 Å². The van der Waals surface area contributed by atoms with Crippen LogP contribution in [0, 0.1) is 0 Å². The number of anilines is 2. The molecule has 0 spiro atoms. The number of unbranched alkanes of at least 4 members (excludes halogenated alkanes) is 3. The molecule has 22 heavy (non-hydrogen) atoms. The first-order valence-corrected chi connectivity index (χ1v) is 9.26. The van der Waals surface area contributed by atoms with Crippen molar-refractivity contribution in [1.82, 2.24) is 0 Å². The largest absolute Gasteiger partial charge is 0.383 e. The highest BCUT2D eigenvalue weighted by atomic mass is 14.9. The third-order valence-corrected chi connectivity index (χ3v) is 4.44. The second-order valence-corrected chi connectivity index (χ2v) is 6.59. The molecule has 2 nitrogen and oxygen atoms in total. The Labute approximate surface area is 138 Å². The number of nitrogens with one attached hydrogen (secondary N) is 2. The molecule has 0 bridgehead atoms. The summed E-state index contributed by atoms with van der Waals surface area (Å²) < 4.78 is 0. The topological polar surface area (TPSA) is 24.1 Å². The number of hydrogen-bond acceptors (Lipinski definition) is 2. The van der Waals surface area contributed by atoms with Crippen molar-refractivity contribution in [3.63, 3.8) is 0 Å². The van der Waals surface area contributed by atoms with E-state index in [4.69, 9.17) is 0 Å². The minimum absolute atomic E-state index is 0.529. The molecule has 2 heteroatoms. The molecule has 0 amide bonds. The summed E-state index contributed by atoms with van der Waals surface area (Å²) in [6, 6.07) is 7.88. The van der Waals surface area contributed by atoms with Gasteiger partial charge in [0.1, 0.15) is 0 Å². The molecule has 1 rings (SSSR count). The molecule has 0 heterocycles. The molecular weight excluding hydrogens is 268 g/mol. The summed E-state index contributed by atoms with van der Waals surface area (Å²) in [5, 5.41) is 7.27. The van der Waals surface area contributed by atoms with Gasteiger partial charge in [-0.15, -0.1) is 0 Å². The van der Waals surface area contributed by atoms with Crippen molar-refractivity contribution in [2.24, 2.45) is 0 Å². The van der Waals surface area contributed by atoms with E-state index < -0.39 is 0 Å². The third-order valence-electron chi connectivity index (χ3n) is 4.44. The zero-order valence-electron chi connectivity index (χ0n) is 15.3. The predicted octanol–water partition coefficient (Wildman–Crippen LogP) is 6.23. The standard InChI is InChI=1S/C20H36N2/c1-6-9-10-11-12-18-15-19(21-16(4)7-2)13-14-20(18)22-17(5)8-3/h13-17,21-22H,6-12H2,1-5H3. The minimum atomic E-state index is 0.529. The summed E-state index contributed by atoms with van der Waals surface area (Å²) >= 11 is 0. The van der Waals surface area contributed by atoms with Gasteiger partial charge in [-0.05, 0) is 63.3 Å². The maximum absolute atomic E-state index is 3.67. The van der Waals surface area contributed by atoms with Gasteiger partial charge in [0.25, 0.3) is 0 Å². The van der Waals surface area contributed by atoms with Crippen molar-refractivity contribution in [3.8, 4) is 0 Å². The van der Waals surface area contributed by atoms with E-state index in [1.807, 2.05) is 0 Å². The van der Waals surface area contributed by atoms with Gasteiger partial charge in [-0.1, -0.05) is 40.0 Å². The van der Waals surface area contributed by atoms with Crippen LogP contribution in [0.15, 0.2) is 18.2 Å². The smallest absolute Gasteiger partial charge is 0.0376 e. The molecule has 2 atom stereocenters. The molecule has 0 saturated heterocycles. The molecule has 1 aromatic carbocycles. The summed E-state index contributed by atoms with van der Waals surface area (Å²) in [6.07, 6.45) is 8.75. The van der Waals surface area contributed by atoms with Crippen LogP contribution in [0.1, 0.15) is 78.7 Å². The minimum Gasteiger partial charge on any atom is -0.383 e. The average Bonchev–Trinajstić information content (AvgIpc) is 2.53. The van der Waals surface area contributed by atoms with Gasteiger partial charge in [-0.3, -0.25) is 0 Å². The van der Waals surface area contributed by atoms with E-state index in [2.05, 4.69) is 63.5 Å². The Morgan fingerprint density at radius 2 is 1.55 bits per heavy atom. The first-order valence-electron chi connectivity index (χ1n) is 9.26. The first-order chi connectivity index (χ1) is 10.6. The van der Waals surface area contributed by atoms with Crippen molar-refractivity contribution in [1.29, 1.82) is 0 Å². The number of benzene rings is 1. The second-order valence-electron chi connectivity index (χ2n) is 6.59. The van der Waals surface area contributed by atoms with Gasteiger partial charge in [0.15, 0.2) is 0 Å². The average molecular weight is 305 g/mol. The van der Waals surface area contributed by atoms with Gasteiger partial charge in [-0.2, -0.15) is 0 Å². The zero-order chi connectivity index (χ0) is 16.4. The van der Waals surface area contributed by atoms with Crippen LogP contribution in [0.5, 0.6) is 0 Å². The zero-order valence-corrected chi connectivity index (χ0v) is 15.3. The molecule has 0 aliphatic heterocycles. The summed E-state index contributed by atoms with van der Waals surface area (Å²) in [5.41, 5.74) is 4.04. The predicted molar refractivity (Wildman–Crippen MR) is 101 cm³/mol. The lowest BCUT2D eigenvalue weighted by Gasteiger charge is -2.20. The van der Waals surface area contributed by atoms with Crippen molar-refractivity contribution in [2.75, 3.05) is 10.6 Å². The first kappa shape index (κ1) is 18.9. The fourth-order valence-corrected chi connectivity index (χ4v) is 2.53.